The van der Waals surface area contributed by atoms with E-state index in [1.165, 1.54) is 0 Å². The molecule has 102 valence electrons. The van der Waals surface area contributed by atoms with E-state index in [-0.39, 0.29) is 11.9 Å². The summed E-state index contributed by atoms with van der Waals surface area (Å²) in [5.74, 6) is 1.33. The monoisotopic (exact) mass is 253 g/mol. The normalized spacial score (nSPS) is 12.7. The highest BCUT2D eigenvalue weighted by Gasteiger charge is 2.23. The van der Waals surface area contributed by atoms with Crippen LogP contribution < -0.4 is 0 Å². The molecular weight excluding hydrogens is 230 g/mol. The van der Waals surface area contributed by atoms with Gasteiger partial charge in [-0.1, -0.05) is 13.8 Å². The lowest BCUT2D eigenvalue weighted by molar-refractivity contribution is -0.136. The lowest BCUT2D eigenvalue weighted by Crippen LogP contribution is -2.41. The summed E-state index contributed by atoms with van der Waals surface area (Å²) in [6, 6.07) is 3.91. The zero-order chi connectivity index (χ0) is 13.5. The van der Waals surface area contributed by atoms with Crippen molar-refractivity contribution in [2.75, 3.05) is 13.7 Å². The third-order valence-electron chi connectivity index (χ3n) is 3.20. The maximum absolute atomic E-state index is 12.2. The first-order chi connectivity index (χ1) is 8.56. The number of hydrogen-bond acceptors (Lipinski definition) is 3. The molecule has 1 heterocycles. The first-order valence-electron chi connectivity index (χ1n) is 6.37. The molecule has 0 aliphatic rings. The Labute approximate surface area is 109 Å². The van der Waals surface area contributed by atoms with Crippen LogP contribution in [-0.4, -0.2) is 30.6 Å². The molecule has 0 saturated heterocycles. The first-order valence-corrected chi connectivity index (χ1v) is 6.37. The zero-order valence-corrected chi connectivity index (χ0v) is 11.7. The molecule has 0 unspecified atom stereocenters. The lowest BCUT2D eigenvalue weighted by Gasteiger charge is -2.31. The number of rotatable bonds is 7. The van der Waals surface area contributed by atoms with Gasteiger partial charge in [-0.2, -0.15) is 0 Å². The molecule has 0 bridgehead atoms. The van der Waals surface area contributed by atoms with Crippen molar-refractivity contribution in [3.63, 3.8) is 0 Å². The minimum Gasteiger partial charge on any atom is -0.467 e. The van der Waals surface area contributed by atoms with Crippen LogP contribution in [0.2, 0.25) is 0 Å². The lowest BCUT2D eigenvalue weighted by atomic mass is 10.0. The summed E-state index contributed by atoms with van der Waals surface area (Å²) >= 11 is 0. The van der Waals surface area contributed by atoms with Crippen molar-refractivity contribution >= 4 is 5.91 Å². The highest BCUT2D eigenvalue weighted by atomic mass is 16.5. The molecule has 0 saturated carbocycles. The molecule has 1 atom stereocenters. The third-order valence-corrected chi connectivity index (χ3v) is 3.20. The predicted molar refractivity (Wildman–Crippen MR) is 70.1 cm³/mol. The second kappa shape index (κ2) is 7.21. The van der Waals surface area contributed by atoms with Gasteiger partial charge in [-0.25, -0.2) is 0 Å². The Morgan fingerprint density at radius 1 is 1.44 bits per heavy atom. The summed E-state index contributed by atoms with van der Waals surface area (Å²) in [5, 5.41) is 0. The largest absolute Gasteiger partial charge is 0.467 e. The standard InChI is InChI=1S/C14H23NO3/c1-11(2)12(3)15(14(16)7-9-17-4)10-13-6-5-8-18-13/h5-6,8,11-12H,7,9-10H2,1-4H3/t12-/m0/s1. The number of ether oxygens (including phenoxy) is 1. The number of amides is 1. The summed E-state index contributed by atoms with van der Waals surface area (Å²) in [7, 11) is 1.61. The second-order valence-corrected chi connectivity index (χ2v) is 4.83. The maximum atomic E-state index is 12.2. The number of furan rings is 1. The van der Waals surface area contributed by atoms with Gasteiger partial charge in [0.25, 0.3) is 0 Å². The molecule has 0 spiro atoms. The SMILES string of the molecule is COCCC(=O)N(Cc1ccco1)[C@@H](C)C(C)C. The van der Waals surface area contributed by atoms with Gasteiger partial charge in [0, 0.05) is 13.2 Å². The van der Waals surface area contributed by atoms with Crippen LogP contribution in [0, 0.1) is 5.92 Å². The van der Waals surface area contributed by atoms with Crippen molar-refractivity contribution in [3.8, 4) is 0 Å². The number of carbonyl (C=O) groups excluding carboxylic acids is 1. The van der Waals surface area contributed by atoms with Gasteiger partial charge in [0.15, 0.2) is 0 Å². The summed E-state index contributed by atoms with van der Waals surface area (Å²) in [6.07, 6.45) is 2.04. The topological polar surface area (TPSA) is 42.7 Å². The highest BCUT2D eigenvalue weighted by molar-refractivity contribution is 5.76. The van der Waals surface area contributed by atoms with Crippen LogP contribution in [0.4, 0.5) is 0 Å². The fraction of sp³-hybridized carbons (Fsp3) is 0.643. The van der Waals surface area contributed by atoms with Gasteiger partial charge < -0.3 is 14.1 Å². The Balaban J connectivity index is 2.71. The quantitative estimate of drug-likeness (QED) is 0.750. The van der Waals surface area contributed by atoms with Gasteiger partial charge in [-0.05, 0) is 25.0 Å². The average Bonchev–Trinajstić information content (AvgIpc) is 2.84. The Morgan fingerprint density at radius 3 is 2.67 bits per heavy atom. The molecule has 1 aromatic rings. The van der Waals surface area contributed by atoms with E-state index >= 15 is 0 Å². The predicted octanol–water partition coefficient (Wildman–Crippen LogP) is 2.69. The van der Waals surface area contributed by atoms with E-state index in [9.17, 15) is 4.79 Å². The summed E-state index contributed by atoms with van der Waals surface area (Å²) in [6.45, 7) is 7.28. The minimum absolute atomic E-state index is 0.106. The van der Waals surface area contributed by atoms with Crippen LogP contribution in [0.25, 0.3) is 0 Å². The van der Waals surface area contributed by atoms with E-state index in [0.29, 0.717) is 25.5 Å². The molecule has 4 nitrogen and oxygen atoms in total. The molecule has 4 heteroatoms. The van der Waals surface area contributed by atoms with E-state index in [4.69, 9.17) is 9.15 Å². The highest BCUT2D eigenvalue weighted by Crippen LogP contribution is 2.16. The van der Waals surface area contributed by atoms with Crippen LogP contribution in [0.5, 0.6) is 0 Å². The average molecular weight is 253 g/mol. The van der Waals surface area contributed by atoms with Crippen molar-refractivity contribution in [1.82, 2.24) is 4.90 Å². The fourth-order valence-corrected chi connectivity index (χ4v) is 1.72. The van der Waals surface area contributed by atoms with E-state index in [2.05, 4.69) is 20.8 Å². The van der Waals surface area contributed by atoms with E-state index < -0.39 is 0 Å². The molecule has 1 rings (SSSR count). The van der Waals surface area contributed by atoms with Crippen LogP contribution in [-0.2, 0) is 16.1 Å². The van der Waals surface area contributed by atoms with Crippen molar-refractivity contribution in [1.29, 1.82) is 0 Å². The number of nitrogens with zero attached hydrogens (tertiary/aromatic N) is 1. The molecule has 0 radical (unpaired) electrons. The van der Waals surface area contributed by atoms with Gasteiger partial charge in [-0.15, -0.1) is 0 Å². The fourth-order valence-electron chi connectivity index (χ4n) is 1.72. The molecule has 0 N–H and O–H groups in total. The summed E-state index contributed by atoms with van der Waals surface area (Å²) in [5.41, 5.74) is 0. The molecule has 18 heavy (non-hydrogen) atoms. The second-order valence-electron chi connectivity index (χ2n) is 4.83. The third kappa shape index (κ3) is 4.18. The van der Waals surface area contributed by atoms with Crippen molar-refractivity contribution in [3.05, 3.63) is 24.2 Å². The van der Waals surface area contributed by atoms with Crippen LogP contribution >= 0.6 is 0 Å². The number of carbonyl (C=O) groups is 1. The number of methoxy groups -OCH3 is 1. The Kier molecular flexibility index (Phi) is 5.92. The molecule has 1 amide bonds. The summed E-state index contributed by atoms with van der Waals surface area (Å²) < 4.78 is 10.3. The van der Waals surface area contributed by atoms with E-state index in [0.717, 1.165) is 5.76 Å². The van der Waals surface area contributed by atoms with Crippen molar-refractivity contribution in [2.45, 2.75) is 39.8 Å². The molecular formula is C14H23NO3. The van der Waals surface area contributed by atoms with Gasteiger partial charge in [0.1, 0.15) is 5.76 Å². The Hall–Kier alpha value is -1.29. The number of hydrogen-bond donors (Lipinski definition) is 0. The van der Waals surface area contributed by atoms with Gasteiger partial charge in [0.2, 0.25) is 5.91 Å². The van der Waals surface area contributed by atoms with Crippen molar-refractivity contribution < 1.29 is 13.9 Å². The van der Waals surface area contributed by atoms with Crippen LogP contribution in [0.3, 0.4) is 0 Å². The van der Waals surface area contributed by atoms with Crippen LogP contribution in [0.1, 0.15) is 33.0 Å². The van der Waals surface area contributed by atoms with Gasteiger partial charge >= 0.3 is 0 Å². The molecule has 0 fully saturated rings. The zero-order valence-electron chi connectivity index (χ0n) is 11.7. The van der Waals surface area contributed by atoms with Gasteiger partial charge in [0.05, 0.1) is 25.8 Å². The summed E-state index contributed by atoms with van der Waals surface area (Å²) in [4.78, 5) is 14.0. The molecule has 0 aromatic carbocycles. The van der Waals surface area contributed by atoms with Crippen LogP contribution in [0.15, 0.2) is 22.8 Å². The van der Waals surface area contributed by atoms with E-state index in [1.807, 2.05) is 17.0 Å². The molecule has 0 aliphatic heterocycles. The Bertz CT molecular complexity index is 346. The molecule has 1 aromatic heterocycles. The minimum atomic E-state index is 0.106. The molecule has 0 aliphatic carbocycles. The maximum Gasteiger partial charge on any atom is 0.225 e. The van der Waals surface area contributed by atoms with Gasteiger partial charge in [-0.3, -0.25) is 4.79 Å². The first kappa shape index (κ1) is 14.8. The Morgan fingerprint density at radius 2 is 2.17 bits per heavy atom. The van der Waals surface area contributed by atoms with E-state index in [1.54, 1.807) is 13.4 Å². The smallest absolute Gasteiger partial charge is 0.225 e. The van der Waals surface area contributed by atoms with Crippen molar-refractivity contribution in [2.24, 2.45) is 5.92 Å².